The number of hydrogen-bond donors (Lipinski definition) is 1. The van der Waals surface area contributed by atoms with Gasteiger partial charge in [-0.05, 0) is 37.9 Å². The summed E-state index contributed by atoms with van der Waals surface area (Å²) in [4.78, 5) is 12.6. The highest BCUT2D eigenvalue weighted by atomic mass is 32.1. The van der Waals surface area contributed by atoms with Gasteiger partial charge >= 0.3 is 0 Å². The summed E-state index contributed by atoms with van der Waals surface area (Å²) in [5.74, 6) is 0.695. The van der Waals surface area contributed by atoms with Crippen LogP contribution in [0.25, 0.3) is 11.3 Å². The smallest absolute Gasteiger partial charge is 0.273 e. The number of benzene rings is 1. The van der Waals surface area contributed by atoms with Gasteiger partial charge in [0.2, 0.25) is 0 Å². The molecule has 1 atom stereocenters. The lowest BCUT2D eigenvalue weighted by atomic mass is 9.80. The van der Waals surface area contributed by atoms with E-state index in [0.717, 1.165) is 28.4 Å². The number of hydrogen-bond acceptors (Lipinski definition) is 7. The Morgan fingerprint density at radius 1 is 1.21 bits per heavy atom. The van der Waals surface area contributed by atoms with Crippen molar-refractivity contribution in [1.29, 1.82) is 0 Å². The fourth-order valence-corrected chi connectivity index (χ4v) is 5.95. The summed E-state index contributed by atoms with van der Waals surface area (Å²) >= 11 is 1.63. The molecule has 1 fully saturated rings. The van der Waals surface area contributed by atoms with Crippen molar-refractivity contribution in [3.8, 4) is 11.3 Å². The normalized spacial score (nSPS) is 19.7. The third-order valence-corrected chi connectivity index (χ3v) is 12.5. The number of carbonyl (C=O) groups is 1. The van der Waals surface area contributed by atoms with E-state index >= 15 is 0 Å². The molecule has 3 aromatic rings. The van der Waals surface area contributed by atoms with Crippen LogP contribution in [0, 0.1) is 0 Å². The van der Waals surface area contributed by atoms with E-state index in [2.05, 4.69) is 61.5 Å². The molecule has 4 rings (SSSR count). The van der Waals surface area contributed by atoms with Crippen molar-refractivity contribution in [3.63, 3.8) is 0 Å². The Kier molecular flexibility index (Phi) is 6.57. The van der Waals surface area contributed by atoms with Crippen molar-refractivity contribution in [2.45, 2.75) is 76.7 Å². The minimum atomic E-state index is -1.87. The summed E-state index contributed by atoms with van der Waals surface area (Å²) in [6.07, 6.45) is 1.64. The molecule has 1 saturated carbocycles. The Bertz CT molecular complexity index is 1100. The van der Waals surface area contributed by atoms with E-state index in [9.17, 15) is 4.79 Å². The van der Waals surface area contributed by atoms with E-state index in [4.69, 9.17) is 8.95 Å². The molecule has 7 nitrogen and oxygen atoms in total. The summed E-state index contributed by atoms with van der Waals surface area (Å²) in [5, 5.41) is 17.9. The highest BCUT2D eigenvalue weighted by molar-refractivity contribution is 7.11. The predicted octanol–water partition coefficient (Wildman–Crippen LogP) is 5.95. The van der Waals surface area contributed by atoms with Crippen molar-refractivity contribution in [2.75, 3.05) is 0 Å². The molecule has 33 heavy (non-hydrogen) atoms. The Balaban J connectivity index is 1.29. The molecule has 0 radical (unpaired) electrons. The Labute approximate surface area is 200 Å². The zero-order chi connectivity index (χ0) is 23.8. The van der Waals surface area contributed by atoms with Crippen molar-refractivity contribution < 1.29 is 13.7 Å². The number of rotatable bonds is 7. The largest absolute Gasteiger partial charge is 0.408 e. The first-order valence-corrected chi connectivity index (χ1v) is 15.1. The quantitative estimate of drug-likeness (QED) is 0.417. The average Bonchev–Trinajstić information content (AvgIpc) is 3.40. The minimum Gasteiger partial charge on any atom is -0.408 e. The van der Waals surface area contributed by atoms with E-state index < -0.39 is 8.32 Å². The van der Waals surface area contributed by atoms with Gasteiger partial charge in [-0.1, -0.05) is 67.6 Å². The van der Waals surface area contributed by atoms with Crippen molar-refractivity contribution in [2.24, 2.45) is 0 Å². The monoisotopic (exact) mass is 484 g/mol. The van der Waals surface area contributed by atoms with Gasteiger partial charge in [0.25, 0.3) is 5.91 Å². The van der Waals surface area contributed by atoms with Gasteiger partial charge in [-0.2, -0.15) is 0 Å². The molecular weight excluding hydrogens is 452 g/mol. The molecule has 1 aliphatic carbocycles. The predicted molar refractivity (Wildman–Crippen MR) is 132 cm³/mol. The SMILES string of the molecule is CC(O[Si](C)(C)C(C)(C)C)c1nnc(C2CC(NC(=O)c3cc(-c4ccccc4)on3)C2)s1. The molecule has 1 N–H and O–H groups in total. The van der Waals surface area contributed by atoms with E-state index in [1.165, 1.54) is 0 Å². The van der Waals surface area contributed by atoms with Crippen molar-refractivity contribution in [3.05, 3.63) is 52.1 Å². The summed E-state index contributed by atoms with van der Waals surface area (Å²) in [5.41, 5.74) is 1.19. The topological polar surface area (TPSA) is 90.1 Å². The lowest BCUT2D eigenvalue weighted by molar-refractivity contribution is 0.0899. The van der Waals surface area contributed by atoms with Crippen LogP contribution in [-0.4, -0.2) is 35.6 Å². The van der Waals surface area contributed by atoms with Crippen LogP contribution in [0.15, 0.2) is 40.9 Å². The van der Waals surface area contributed by atoms with Gasteiger partial charge in [-0.25, -0.2) is 0 Å². The van der Waals surface area contributed by atoms with Gasteiger partial charge < -0.3 is 14.3 Å². The van der Waals surface area contributed by atoms with Gasteiger partial charge in [-0.15, -0.1) is 10.2 Å². The molecule has 0 bridgehead atoms. The standard InChI is InChI=1S/C24H32N4O3SSi/c1-15(31-33(5,6)24(2,3)4)22-26-27-23(32-22)17-12-18(13-17)25-21(29)19-14-20(30-28-19)16-10-8-7-9-11-16/h7-11,14-15,17-18H,12-13H2,1-6H3,(H,25,29). The molecule has 176 valence electrons. The molecule has 1 aliphatic rings. The maximum Gasteiger partial charge on any atom is 0.273 e. The van der Waals surface area contributed by atoms with Crippen LogP contribution in [-0.2, 0) is 4.43 Å². The molecule has 0 spiro atoms. The molecule has 0 aliphatic heterocycles. The van der Waals surface area contributed by atoms with E-state index in [1.807, 2.05) is 30.3 Å². The van der Waals surface area contributed by atoms with Crippen molar-refractivity contribution in [1.82, 2.24) is 20.7 Å². The van der Waals surface area contributed by atoms with Crippen LogP contribution in [0.3, 0.4) is 0 Å². The van der Waals surface area contributed by atoms with Gasteiger partial charge in [0.15, 0.2) is 19.8 Å². The van der Waals surface area contributed by atoms with Gasteiger partial charge in [-0.3, -0.25) is 4.79 Å². The Morgan fingerprint density at radius 3 is 2.58 bits per heavy atom. The average molecular weight is 485 g/mol. The van der Waals surface area contributed by atoms with Crippen LogP contribution in [0.5, 0.6) is 0 Å². The second kappa shape index (κ2) is 9.12. The minimum absolute atomic E-state index is 0.0568. The van der Waals surface area contributed by atoms with E-state index in [1.54, 1.807) is 17.4 Å². The zero-order valence-corrected chi connectivity index (χ0v) is 21.9. The zero-order valence-electron chi connectivity index (χ0n) is 20.1. The first kappa shape index (κ1) is 23.8. The molecule has 1 aromatic carbocycles. The summed E-state index contributed by atoms with van der Waals surface area (Å²) in [6.45, 7) is 13.3. The fraction of sp³-hybridized carbons (Fsp3) is 0.500. The molecule has 0 saturated heterocycles. The van der Waals surface area contributed by atoms with Crippen LogP contribution in [0.2, 0.25) is 18.1 Å². The van der Waals surface area contributed by atoms with Crippen LogP contribution < -0.4 is 5.32 Å². The van der Waals surface area contributed by atoms with Gasteiger partial charge in [0.1, 0.15) is 10.0 Å². The molecule has 2 aromatic heterocycles. The Morgan fingerprint density at radius 2 is 1.91 bits per heavy atom. The summed E-state index contributed by atoms with van der Waals surface area (Å²) in [7, 11) is -1.87. The van der Waals surface area contributed by atoms with Gasteiger partial charge in [0, 0.05) is 23.6 Å². The molecule has 1 unspecified atom stereocenters. The summed E-state index contributed by atoms with van der Waals surface area (Å²) < 4.78 is 11.8. The molecule has 1 amide bonds. The van der Waals surface area contributed by atoms with E-state index in [0.29, 0.717) is 17.4 Å². The molecular formula is C24H32N4O3SSi. The fourth-order valence-electron chi connectivity index (χ4n) is 3.56. The highest BCUT2D eigenvalue weighted by Gasteiger charge is 2.40. The number of nitrogens with one attached hydrogen (secondary N) is 1. The number of amides is 1. The maximum atomic E-state index is 12.6. The number of aromatic nitrogens is 3. The lowest BCUT2D eigenvalue weighted by Crippen LogP contribution is -2.43. The first-order chi connectivity index (χ1) is 15.5. The molecule has 9 heteroatoms. The summed E-state index contributed by atoms with van der Waals surface area (Å²) in [6, 6.07) is 11.4. The third-order valence-electron chi connectivity index (χ3n) is 6.71. The maximum absolute atomic E-state index is 12.6. The highest BCUT2D eigenvalue weighted by Crippen LogP contribution is 2.42. The lowest BCUT2D eigenvalue weighted by Gasteiger charge is -2.37. The van der Waals surface area contributed by atoms with Gasteiger partial charge in [0.05, 0.1) is 6.10 Å². The van der Waals surface area contributed by atoms with E-state index in [-0.39, 0.29) is 23.1 Å². The second-order valence-corrected chi connectivity index (χ2v) is 16.1. The second-order valence-electron chi connectivity index (χ2n) is 10.3. The van der Waals surface area contributed by atoms with Crippen LogP contribution >= 0.6 is 11.3 Å². The number of nitrogens with zero attached hydrogens (tertiary/aromatic N) is 3. The third kappa shape index (κ3) is 5.25. The Hall–Kier alpha value is -2.36. The molecule has 2 heterocycles. The first-order valence-electron chi connectivity index (χ1n) is 11.4. The van der Waals surface area contributed by atoms with Crippen LogP contribution in [0.4, 0.5) is 0 Å². The number of carbonyl (C=O) groups excluding carboxylic acids is 1. The van der Waals surface area contributed by atoms with Crippen LogP contribution in [0.1, 0.15) is 73.1 Å². The van der Waals surface area contributed by atoms with Crippen molar-refractivity contribution >= 4 is 25.6 Å².